The molecule has 5 heteroatoms. The Hall–Kier alpha value is -0.160. The summed E-state index contributed by atoms with van der Waals surface area (Å²) in [6.45, 7) is 0. The molecule has 0 aliphatic rings. The average molecular weight is 273 g/mol. The van der Waals surface area contributed by atoms with Crippen molar-refractivity contribution >= 4 is 24.4 Å². The summed E-state index contributed by atoms with van der Waals surface area (Å²) < 4.78 is 1.84. The van der Waals surface area contributed by atoms with Gasteiger partial charge < -0.3 is 0 Å². The maximum absolute atomic E-state index is 4.21. The van der Waals surface area contributed by atoms with Crippen molar-refractivity contribution in [1.29, 1.82) is 0 Å². The molecule has 0 atom stereocenters. The van der Waals surface area contributed by atoms with Crippen LogP contribution in [-0.4, -0.2) is 26.3 Å². The molecule has 17 heavy (non-hydrogen) atoms. The SMILES string of the molecule is Cn1ncnc1SCCCCCCCCCS. The van der Waals surface area contributed by atoms with E-state index in [1.807, 2.05) is 11.7 Å². The van der Waals surface area contributed by atoms with Crippen LogP contribution in [-0.2, 0) is 7.05 Å². The highest BCUT2D eigenvalue weighted by Gasteiger charge is 2.00. The number of thiol groups is 1. The first kappa shape index (κ1) is 14.9. The second kappa shape index (κ2) is 9.83. The number of aryl methyl sites for hydroxylation is 1. The van der Waals surface area contributed by atoms with Crippen LogP contribution in [0.4, 0.5) is 0 Å². The molecule has 0 spiro atoms. The smallest absolute Gasteiger partial charge is 0.185 e. The minimum Gasteiger partial charge on any atom is -0.244 e. The van der Waals surface area contributed by atoms with Gasteiger partial charge in [0.15, 0.2) is 5.16 Å². The molecule has 0 aromatic carbocycles. The molecule has 0 saturated heterocycles. The van der Waals surface area contributed by atoms with Gasteiger partial charge in [-0.2, -0.15) is 17.7 Å². The van der Waals surface area contributed by atoms with Crippen molar-refractivity contribution in [2.75, 3.05) is 11.5 Å². The van der Waals surface area contributed by atoms with Crippen molar-refractivity contribution < 1.29 is 0 Å². The molecule has 0 radical (unpaired) electrons. The van der Waals surface area contributed by atoms with Crippen LogP contribution in [0.2, 0.25) is 0 Å². The van der Waals surface area contributed by atoms with E-state index < -0.39 is 0 Å². The Balaban J connectivity index is 1.86. The van der Waals surface area contributed by atoms with Gasteiger partial charge in [-0.1, -0.05) is 43.9 Å². The van der Waals surface area contributed by atoms with Gasteiger partial charge in [-0.15, -0.1) is 0 Å². The topological polar surface area (TPSA) is 30.7 Å². The molecule has 0 saturated carbocycles. The van der Waals surface area contributed by atoms with Gasteiger partial charge in [0.2, 0.25) is 0 Å². The summed E-state index contributed by atoms with van der Waals surface area (Å²) in [6.07, 6.45) is 11.0. The minimum atomic E-state index is 1.03. The molecule has 0 aliphatic heterocycles. The van der Waals surface area contributed by atoms with Crippen LogP contribution in [0.1, 0.15) is 44.9 Å². The molecular weight excluding hydrogens is 250 g/mol. The van der Waals surface area contributed by atoms with Crippen molar-refractivity contribution in [3.63, 3.8) is 0 Å². The standard InChI is InChI=1S/C12H23N3S2/c1-15-12(13-11-14-15)17-10-8-6-4-2-3-5-7-9-16/h11,16H,2-10H2,1H3. The molecule has 0 fully saturated rings. The third-order valence-corrected chi connectivity index (χ3v) is 4.14. The highest BCUT2D eigenvalue weighted by atomic mass is 32.2. The first-order valence-electron chi connectivity index (χ1n) is 6.42. The van der Waals surface area contributed by atoms with E-state index >= 15 is 0 Å². The third kappa shape index (κ3) is 6.99. The highest BCUT2D eigenvalue weighted by molar-refractivity contribution is 7.99. The molecule has 0 bridgehead atoms. The lowest BCUT2D eigenvalue weighted by Gasteiger charge is -2.01. The van der Waals surface area contributed by atoms with Gasteiger partial charge in [-0.05, 0) is 18.6 Å². The molecule has 1 aromatic heterocycles. The Morgan fingerprint density at radius 2 is 1.76 bits per heavy atom. The lowest BCUT2D eigenvalue weighted by Crippen LogP contribution is -1.93. The highest BCUT2D eigenvalue weighted by Crippen LogP contribution is 2.16. The van der Waals surface area contributed by atoms with Gasteiger partial charge >= 0.3 is 0 Å². The first-order chi connectivity index (χ1) is 8.34. The second-order valence-electron chi connectivity index (χ2n) is 4.21. The number of thioether (sulfide) groups is 1. The molecule has 0 unspecified atom stereocenters. The van der Waals surface area contributed by atoms with Crippen molar-refractivity contribution in [2.24, 2.45) is 7.05 Å². The summed E-state index contributed by atoms with van der Waals surface area (Å²) in [7, 11) is 1.94. The van der Waals surface area contributed by atoms with Crippen molar-refractivity contribution in [2.45, 2.75) is 50.1 Å². The Kier molecular flexibility index (Phi) is 8.61. The van der Waals surface area contributed by atoms with Gasteiger partial charge in [0.05, 0.1) is 0 Å². The van der Waals surface area contributed by atoms with Crippen molar-refractivity contribution in [3.05, 3.63) is 6.33 Å². The van der Waals surface area contributed by atoms with Gasteiger partial charge in [0.25, 0.3) is 0 Å². The fourth-order valence-corrected chi connectivity index (χ4v) is 2.79. The van der Waals surface area contributed by atoms with E-state index in [0.717, 1.165) is 16.7 Å². The quantitative estimate of drug-likeness (QED) is 0.402. The van der Waals surface area contributed by atoms with Crippen LogP contribution in [0.25, 0.3) is 0 Å². The monoisotopic (exact) mass is 273 g/mol. The van der Waals surface area contributed by atoms with Crippen LogP contribution in [0, 0.1) is 0 Å². The molecule has 1 aromatic rings. The molecule has 0 amide bonds. The molecule has 0 aliphatic carbocycles. The van der Waals surface area contributed by atoms with Crippen LogP contribution in [0.15, 0.2) is 11.5 Å². The summed E-state index contributed by atoms with van der Waals surface area (Å²) >= 11 is 6.02. The summed E-state index contributed by atoms with van der Waals surface area (Å²) in [5.74, 6) is 2.19. The Bertz CT molecular complexity index is 289. The Labute approximate surface area is 114 Å². The van der Waals surface area contributed by atoms with Crippen LogP contribution in [0.3, 0.4) is 0 Å². The zero-order chi connectivity index (χ0) is 12.3. The number of rotatable bonds is 10. The first-order valence-corrected chi connectivity index (χ1v) is 8.04. The van der Waals surface area contributed by atoms with Crippen molar-refractivity contribution in [3.8, 4) is 0 Å². The number of unbranched alkanes of at least 4 members (excludes halogenated alkanes) is 6. The van der Waals surface area contributed by atoms with E-state index in [4.69, 9.17) is 0 Å². The molecule has 98 valence electrons. The van der Waals surface area contributed by atoms with E-state index in [9.17, 15) is 0 Å². The van der Waals surface area contributed by atoms with Crippen molar-refractivity contribution in [1.82, 2.24) is 14.8 Å². The van der Waals surface area contributed by atoms with Gasteiger partial charge in [0.1, 0.15) is 6.33 Å². The summed E-state index contributed by atoms with van der Waals surface area (Å²) in [5.41, 5.74) is 0. The molecule has 1 rings (SSSR count). The van der Waals surface area contributed by atoms with E-state index in [-0.39, 0.29) is 0 Å². The maximum atomic E-state index is 4.21. The number of hydrogen-bond acceptors (Lipinski definition) is 4. The second-order valence-corrected chi connectivity index (χ2v) is 5.72. The molecule has 1 heterocycles. The number of nitrogens with zero attached hydrogens (tertiary/aromatic N) is 3. The Morgan fingerprint density at radius 3 is 2.35 bits per heavy atom. The number of hydrogen-bond donors (Lipinski definition) is 1. The minimum absolute atomic E-state index is 1.03. The fraction of sp³-hybridized carbons (Fsp3) is 0.833. The number of aromatic nitrogens is 3. The van der Waals surface area contributed by atoms with Gasteiger partial charge in [-0.25, -0.2) is 9.67 Å². The van der Waals surface area contributed by atoms with Crippen LogP contribution >= 0.6 is 24.4 Å². The summed E-state index contributed by atoms with van der Waals surface area (Å²) in [6, 6.07) is 0. The van der Waals surface area contributed by atoms with E-state index in [1.165, 1.54) is 44.9 Å². The average Bonchev–Trinajstić information content (AvgIpc) is 2.73. The molecule has 0 N–H and O–H groups in total. The van der Waals surface area contributed by atoms with Crippen LogP contribution < -0.4 is 0 Å². The van der Waals surface area contributed by atoms with Gasteiger partial charge in [0, 0.05) is 12.8 Å². The lowest BCUT2D eigenvalue weighted by atomic mass is 10.1. The zero-order valence-corrected chi connectivity index (χ0v) is 12.3. The predicted molar refractivity (Wildman–Crippen MR) is 77.9 cm³/mol. The maximum Gasteiger partial charge on any atom is 0.185 e. The Morgan fingerprint density at radius 1 is 1.12 bits per heavy atom. The lowest BCUT2D eigenvalue weighted by molar-refractivity contribution is 0.605. The predicted octanol–water partition coefficient (Wildman–Crippen LogP) is 3.57. The summed E-state index contributed by atoms with van der Waals surface area (Å²) in [5, 5.41) is 5.08. The largest absolute Gasteiger partial charge is 0.244 e. The normalized spacial score (nSPS) is 10.9. The van der Waals surface area contributed by atoms with E-state index in [2.05, 4.69) is 22.7 Å². The zero-order valence-electron chi connectivity index (χ0n) is 10.6. The van der Waals surface area contributed by atoms with E-state index in [1.54, 1.807) is 18.1 Å². The summed E-state index contributed by atoms with van der Waals surface area (Å²) in [4.78, 5) is 4.19. The van der Waals surface area contributed by atoms with Gasteiger partial charge in [-0.3, -0.25) is 0 Å². The van der Waals surface area contributed by atoms with Crippen LogP contribution in [0.5, 0.6) is 0 Å². The van der Waals surface area contributed by atoms with E-state index in [0.29, 0.717) is 0 Å². The molecule has 3 nitrogen and oxygen atoms in total. The third-order valence-electron chi connectivity index (χ3n) is 2.70. The fourth-order valence-electron chi connectivity index (χ4n) is 1.68. The molecular formula is C12H23N3S2.